The molecule has 4 nitrogen and oxygen atoms in total. The van der Waals surface area contributed by atoms with Gasteiger partial charge in [0, 0.05) is 23.8 Å². The molecule has 1 fully saturated rings. The summed E-state index contributed by atoms with van der Waals surface area (Å²) in [6.07, 6.45) is 1.24. The van der Waals surface area contributed by atoms with Gasteiger partial charge < -0.3 is 15.2 Å². The third-order valence-corrected chi connectivity index (χ3v) is 5.48. The first-order valence-electron chi connectivity index (χ1n) is 9.06. The van der Waals surface area contributed by atoms with Crippen LogP contribution in [0.2, 0.25) is 5.02 Å². The largest absolute Gasteiger partial charge is 0.383 e. The maximum absolute atomic E-state index is 13.9. The van der Waals surface area contributed by atoms with Crippen LogP contribution in [0.5, 0.6) is 0 Å². The van der Waals surface area contributed by atoms with Gasteiger partial charge in [-0.25, -0.2) is 4.39 Å². The number of aliphatic hydroxyl groups is 1. The fourth-order valence-electron chi connectivity index (χ4n) is 3.54. The minimum atomic E-state index is -1.21. The molecule has 0 radical (unpaired) electrons. The highest BCUT2D eigenvalue weighted by atomic mass is 35.5. The van der Waals surface area contributed by atoms with Gasteiger partial charge in [0.15, 0.2) is 0 Å². The lowest BCUT2D eigenvalue weighted by atomic mass is 9.77. The van der Waals surface area contributed by atoms with Gasteiger partial charge in [-0.2, -0.15) is 0 Å². The minimum absolute atomic E-state index is 0.0361. The van der Waals surface area contributed by atoms with E-state index in [1.807, 2.05) is 30.3 Å². The molecule has 3 rings (SSSR count). The summed E-state index contributed by atoms with van der Waals surface area (Å²) in [6.45, 7) is 1.21. The molecular formula is C21H23ClFNO3. The van der Waals surface area contributed by atoms with Gasteiger partial charge in [0.2, 0.25) is 5.91 Å². The predicted molar refractivity (Wildman–Crippen MR) is 102 cm³/mol. The van der Waals surface area contributed by atoms with E-state index in [4.69, 9.17) is 16.3 Å². The molecule has 0 aromatic heterocycles. The van der Waals surface area contributed by atoms with Gasteiger partial charge in [-0.3, -0.25) is 4.79 Å². The molecule has 0 unspecified atom stereocenters. The van der Waals surface area contributed by atoms with E-state index in [9.17, 15) is 14.3 Å². The molecule has 6 heteroatoms. The molecule has 1 saturated heterocycles. The van der Waals surface area contributed by atoms with Crippen LogP contribution in [0.25, 0.3) is 0 Å². The minimum Gasteiger partial charge on any atom is -0.383 e. The number of halogens is 2. The zero-order valence-corrected chi connectivity index (χ0v) is 15.7. The van der Waals surface area contributed by atoms with Crippen molar-refractivity contribution in [2.24, 2.45) is 5.92 Å². The van der Waals surface area contributed by atoms with Crippen LogP contribution in [0.4, 0.5) is 4.39 Å². The number of amides is 1. The molecular weight excluding hydrogens is 369 g/mol. The number of carbonyl (C=O) groups is 1. The molecule has 0 aliphatic carbocycles. The highest BCUT2D eigenvalue weighted by Gasteiger charge is 2.39. The van der Waals surface area contributed by atoms with Gasteiger partial charge in [0.1, 0.15) is 11.4 Å². The zero-order valence-electron chi connectivity index (χ0n) is 15.0. The van der Waals surface area contributed by atoms with Gasteiger partial charge in [0.25, 0.3) is 0 Å². The number of rotatable bonds is 6. The van der Waals surface area contributed by atoms with Gasteiger partial charge in [-0.1, -0.05) is 48.0 Å². The van der Waals surface area contributed by atoms with E-state index in [1.54, 1.807) is 6.07 Å². The topological polar surface area (TPSA) is 58.6 Å². The van der Waals surface area contributed by atoms with Crippen LogP contribution < -0.4 is 5.32 Å². The molecule has 1 atom stereocenters. The molecule has 144 valence electrons. The van der Waals surface area contributed by atoms with Crippen molar-refractivity contribution < 1.29 is 19.0 Å². The number of benzene rings is 2. The Morgan fingerprint density at radius 2 is 1.89 bits per heavy atom. The Bertz CT molecular complexity index is 760. The number of carbonyl (C=O) groups excluding carboxylic acids is 1. The van der Waals surface area contributed by atoms with Gasteiger partial charge in [-0.15, -0.1) is 0 Å². The maximum atomic E-state index is 13.9. The van der Waals surface area contributed by atoms with Crippen LogP contribution >= 0.6 is 11.6 Å². The zero-order chi connectivity index (χ0) is 19.3. The van der Waals surface area contributed by atoms with Crippen LogP contribution in [-0.2, 0) is 21.6 Å². The van der Waals surface area contributed by atoms with Gasteiger partial charge in [-0.05, 0) is 36.5 Å². The van der Waals surface area contributed by atoms with E-state index in [1.165, 1.54) is 12.1 Å². The monoisotopic (exact) mass is 391 g/mol. The number of ether oxygens (including phenoxy) is 1. The summed E-state index contributed by atoms with van der Waals surface area (Å²) in [5, 5.41) is 14.4. The normalized spacial score (nSPS) is 17.3. The van der Waals surface area contributed by atoms with E-state index < -0.39 is 11.4 Å². The van der Waals surface area contributed by atoms with Crippen molar-refractivity contribution in [2.75, 3.05) is 19.8 Å². The highest BCUT2D eigenvalue weighted by molar-refractivity contribution is 6.31. The van der Waals surface area contributed by atoms with E-state index in [2.05, 4.69) is 5.32 Å². The summed E-state index contributed by atoms with van der Waals surface area (Å²) in [6, 6.07) is 13.6. The van der Waals surface area contributed by atoms with E-state index in [0.717, 1.165) is 5.56 Å². The second-order valence-corrected chi connectivity index (χ2v) is 7.24. The van der Waals surface area contributed by atoms with Crippen molar-refractivity contribution >= 4 is 17.5 Å². The molecule has 2 aromatic carbocycles. The number of hydrogen-bond donors (Lipinski definition) is 2. The van der Waals surface area contributed by atoms with E-state index in [0.29, 0.717) is 26.1 Å². The smallest absolute Gasteiger partial charge is 0.224 e. The number of hydrogen-bond acceptors (Lipinski definition) is 3. The lowest BCUT2D eigenvalue weighted by Gasteiger charge is -2.39. The molecule has 0 spiro atoms. The summed E-state index contributed by atoms with van der Waals surface area (Å²) in [7, 11) is 0. The number of nitrogens with one attached hydrogen (secondary N) is 1. The summed E-state index contributed by atoms with van der Waals surface area (Å²) in [5.41, 5.74) is -0.299. The second-order valence-electron chi connectivity index (χ2n) is 6.83. The molecule has 2 N–H and O–H groups in total. The van der Waals surface area contributed by atoms with E-state index in [-0.39, 0.29) is 35.4 Å². The Morgan fingerprint density at radius 3 is 2.56 bits per heavy atom. The van der Waals surface area contributed by atoms with E-state index >= 15 is 0 Å². The average molecular weight is 392 g/mol. The molecule has 1 aliphatic rings. The molecule has 2 aromatic rings. The van der Waals surface area contributed by atoms with Crippen molar-refractivity contribution in [3.63, 3.8) is 0 Å². The van der Waals surface area contributed by atoms with Crippen LogP contribution in [-0.4, -0.2) is 30.8 Å². The lowest BCUT2D eigenvalue weighted by Crippen LogP contribution is -2.48. The first-order chi connectivity index (χ1) is 13.0. The third-order valence-electron chi connectivity index (χ3n) is 5.12. The average Bonchev–Trinajstić information content (AvgIpc) is 2.70. The highest BCUT2D eigenvalue weighted by Crippen LogP contribution is 2.35. The van der Waals surface area contributed by atoms with Crippen LogP contribution in [0.3, 0.4) is 0 Å². The molecule has 1 amide bonds. The third kappa shape index (κ3) is 4.67. The maximum Gasteiger partial charge on any atom is 0.224 e. The first kappa shape index (κ1) is 19.8. The van der Waals surface area contributed by atoms with Crippen LogP contribution in [0.1, 0.15) is 24.0 Å². The Balaban J connectivity index is 1.74. The van der Waals surface area contributed by atoms with Crippen LogP contribution in [0, 0.1) is 11.7 Å². The SMILES string of the molecule is O=C(Cc1c(F)cccc1Cl)NC[C@@](O)(c1ccccc1)C1CCOCC1. The molecule has 27 heavy (non-hydrogen) atoms. The summed E-state index contributed by atoms with van der Waals surface area (Å²) in [4.78, 5) is 12.4. The van der Waals surface area contributed by atoms with Crippen LogP contribution in [0.15, 0.2) is 48.5 Å². The molecule has 0 bridgehead atoms. The van der Waals surface area contributed by atoms with Gasteiger partial charge in [0.05, 0.1) is 13.0 Å². The Morgan fingerprint density at radius 1 is 1.19 bits per heavy atom. The lowest BCUT2D eigenvalue weighted by molar-refractivity contribution is -0.123. The Kier molecular flexibility index (Phi) is 6.47. The van der Waals surface area contributed by atoms with Crippen molar-refractivity contribution in [1.29, 1.82) is 0 Å². The summed E-state index contributed by atoms with van der Waals surface area (Å²) >= 11 is 6.00. The fourth-order valence-corrected chi connectivity index (χ4v) is 3.77. The predicted octanol–water partition coefficient (Wildman–Crippen LogP) is 3.45. The Labute approximate surface area is 163 Å². The second kappa shape index (κ2) is 8.83. The summed E-state index contributed by atoms with van der Waals surface area (Å²) < 4.78 is 19.3. The van der Waals surface area contributed by atoms with Crippen molar-refractivity contribution in [3.05, 3.63) is 70.5 Å². The van der Waals surface area contributed by atoms with Crippen molar-refractivity contribution in [1.82, 2.24) is 5.32 Å². The van der Waals surface area contributed by atoms with Crippen molar-refractivity contribution in [2.45, 2.75) is 24.9 Å². The van der Waals surface area contributed by atoms with Gasteiger partial charge >= 0.3 is 0 Å². The molecule has 1 aliphatic heterocycles. The van der Waals surface area contributed by atoms with Crippen molar-refractivity contribution in [3.8, 4) is 0 Å². The fraction of sp³-hybridized carbons (Fsp3) is 0.381. The first-order valence-corrected chi connectivity index (χ1v) is 9.44. The Hall–Kier alpha value is -1.95. The summed E-state index contributed by atoms with van der Waals surface area (Å²) in [5.74, 6) is -0.935. The quantitative estimate of drug-likeness (QED) is 0.792. The molecule has 0 saturated carbocycles. The standard InChI is InChI=1S/C21H23ClFNO3/c22-18-7-4-8-19(23)17(18)13-20(25)24-14-21(26,15-5-2-1-3-6-15)16-9-11-27-12-10-16/h1-8,16,26H,9-14H2,(H,24,25)/t21-/m1/s1. The molecule has 1 heterocycles.